The molecule has 0 radical (unpaired) electrons. The number of rotatable bonds is 50. The summed E-state index contributed by atoms with van der Waals surface area (Å²) in [5, 5.41) is 87.4. The molecule has 14 nitrogen and oxygen atoms in total. The van der Waals surface area contributed by atoms with Crippen LogP contribution in [0.2, 0.25) is 0 Å². The van der Waals surface area contributed by atoms with E-state index in [2.05, 4.69) is 79.9 Å². The van der Waals surface area contributed by atoms with E-state index in [1.54, 1.807) is 0 Å². The van der Waals surface area contributed by atoms with Crippen molar-refractivity contribution in [2.75, 3.05) is 19.8 Å². The summed E-state index contributed by atoms with van der Waals surface area (Å²) < 4.78 is 22.9. The highest BCUT2D eigenvalue weighted by molar-refractivity contribution is 5.76. The number of allylic oxidation sites excluding steroid dienone is 10. The monoisotopic (exact) mass is 1110 g/mol. The summed E-state index contributed by atoms with van der Waals surface area (Å²) in [5.41, 5.74) is 0. The van der Waals surface area contributed by atoms with Crippen LogP contribution in [0.1, 0.15) is 245 Å². The first-order valence-electron chi connectivity index (χ1n) is 31.5. The Bertz CT molecular complexity index is 1540. The van der Waals surface area contributed by atoms with Gasteiger partial charge in [0.1, 0.15) is 48.8 Å². The number of aliphatic hydroxyl groups excluding tert-OH is 8. The summed E-state index contributed by atoms with van der Waals surface area (Å²) in [7, 11) is 0. The Morgan fingerprint density at radius 2 is 0.885 bits per heavy atom. The van der Waals surface area contributed by atoms with Crippen LogP contribution in [0.25, 0.3) is 0 Å². The first kappa shape index (κ1) is 71.8. The normalized spacial score (nSPS) is 24.9. The lowest BCUT2D eigenvalue weighted by atomic mass is 9.97. The molecule has 78 heavy (non-hydrogen) atoms. The number of aliphatic hydroxyl groups is 8. The zero-order valence-electron chi connectivity index (χ0n) is 48.9. The van der Waals surface area contributed by atoms with Crippen LogP contribution in [0, 0.1) is 0 Å². The number of carbonyl (C=O) groups is 1. The largest absolute Gasteiger partial charge is 0.394 e. The van der Waals surface area contributed by atoms with Crippen LogP contribution < -0.4 is 5.32 Å². The topological polar surface area (TPSA) is 228 Å². The number of hydrogen-bond acceptors (Lipinski definition) is 13. The minimum atomic E-state index is -1.79. The summed E-state index contributed by atoms with van der Waals surface area (Å²) >= 11 is 0. The van der Waals surface area contributed by atoms with Gasteiger partial charge in [0.15, 0.2) is 12.6 Å². The summed E-state index contributed by atoms with van der Waals surface area (Å²) in [6.45, 7) is 2.76. The second-order valence-electron chi connectivity index (χ2n) is 22.2. The lowest BCUT2D eigenvalue weighted by molar-refractivity contribution is -0.359. The molecule has 14 heteroatoms. The van der Waals surface area contributed by atoms with E-state index in [1.165, 1.54) is 116 Å². The molecule has 2 aliphatic heterocycles. The molecule has 0 aromatic rings. The van der Waals surface area contributed by atoms with E-state index in [-0.39, 0.29) is 18.9 Å². The lowest BCUT2D eigenvalue weighted by Crippen LogP contribution is -2.65. The van der Waals surface area contributed by atoms with E-state index < -0.39 is 86.8 Å². The molecule has 0 spiro atoms. The standard InChI is InChI=1S/C64H115NO13/c1-3-5-7-9-11-13-15-17-19-21-23-25-26-28-30-32-34-36-38-40-42-44-46-48-56(69)65-52(53(68)47-45-43-41-39-37-35-33-31-29-27-24-22-20-18-16-14-12-10-8-6-4-2)51-75-63-61(74)59(72)62(55(50-67)77-63)78-64-60(73)58(71)57(70)54(49-66)76-64/h5,7,11,13,17,19,23,25,28,30,52-55,57-64,66-68,70-74H,3-4,6,8-10,12,14-16,18,20-22,24,26-27,29,31-51H2,1-2H3,(H,65,69)/b7-5-,13-11-,19-17-,25-23-,30-28-. The van der Waals surface area contributed by atoms with Crippen molar-refractivity contribution >= 4 is 5.91 Å². The first-order valence-corrected chi connectivity index (χ1v) is 31.5. The van der Waals surface area contributed by atoms with Gasteiger partial charge in [-0.3, -0.25) is 4.79 Å². The van der Waals surface area contributed by atoms with Crippen molar-refractivity contribution in [3.8, 4) is 0 Å². The highest BCUT2D eigenvalue weighted by Gasteiger charge is 2.51. The Hall–Kier alpha value is -2.31. The summed E-state index contributed by atoms with van der Waals surface area (Å²) in [6.07, 6.45) is 46.4. The Labute approximate surface area is 473 Å². The Kier molecular flexibility index (Phi) is 45.4. The highest BCUT2D eigenvalue weighted by atomic mass is 16.7. The van der Waals surface area contributed by atoms with Crippen LogP contribution in [-0.2, 0) is 23.7 Å². The average Bonchev–Trinajstić information content (AvgIpc) is 3.48. The van der Waals surface area contributed by atoms with Crippen LogP contribution in [0.4, 0.5) is 0 Å². The van der Waals surface area contributed by atoms with E-state index in [0.717, 1.165) is 96.3 Å². The second-order valence-corrected chi connectivity index (χ2v) is 22.2. The van der Waals surface area contributed by atoms with E-state index >= 15 is 0 Å². The number of hydrogen-bond donors (Lipinski definition) is 9. The van der Waals surface area contributed by atoms with Crippen LogP contribution in [-0.4, -0.2) is 140 Å². The number of amides is 1. The summed E-state index contributed by atoms with van der Waals surface area (Å²) in [6, 6.07) is -0.839. The van der Waals surface area contributed by atoms with Crippen molar-refractivity contribution in [1.82, 2.24) is 5.32 Å². The molecule has 2 fully saturated rings. The maximum atomic E-state index is 13.3. The molecular formula is C64H115NO13. The number of unbranched alkanes of at least 4 members (excludes halogenated alkanes) is 27. The van der Waals surface area contributed by atoms with Crippen LogP contribution in [0.5, 0.6) is 0 Å². The lowest BCUT2D eigenvalue weighted by Gasteiger charge is -2.46. The van der Waals surface area contributed by atoms with Gasteiger partial charge in [-0.05, 0) is 57.8 Å². The number of ether oxygens (including phenoxy) is 4. The van der Waals surface area contributed by atoms with Gasteiger partial charge in [-0.25, -0.2) is 0 Å². The fourth-order valence-corrected chi connectivity index (χ4v) is 10.2. The van der Waals surface area contributed by atoms with Gasteiger partial charge in [-0.2, -0.15) is 0 Å². The molecule has 1 amide bonds. The third-order valence-electron chi connectivity index (χ3n) is 15.2. The van der Waals surface area contributed by atoms with Gasteiger partial charge < -0.3 is 65.1 Å². The maximum Gasteiger partial charge on any atom is 0.220 e. The molecule has 2 heterocycles. The molecule has 0 bridgehead atoms. The van der Waals surface area contributed by atoms with Gasteiger partial charge in [0.25, 0.3) is 0 Å². The molecule has 454 valence electrons. The average molecular weight is 1110 g/mol. The molecule has 9 N–H and O–H groups in total. The van der Waals surface area contributed by atoms with Gasteiger partial charge in [0, 0.05) is 6.42 Å². The molecule has 0 aromatic carbocycles. The molecule has 2 aliphatic rings. The molecule has 2 rings (SSSR count). The molecule has 2 saturated heterocycles. The molecular weight excluding hydrogens is 991 g/mol. The van der Waals surface area contributed by atoms with Crippen LogP contribution in [0.15, 0.2) is 60.8 Å². The van der Waals surface area contributed by atoms with Crippen molar-refractivity contribution in [3.63, 3.8) is 0 Å². The first-order chi connectivity index (χ1) is 38.1. The van der Waals surface area contributed by atoms with Gasteiger partial charge >= 0.3 is 0 Å². The van der Waals surface area contributed by atoms with Gasteiger partial charge in [-0.15, -0.1) is 0 Å². The Morgan fingerprint density at radius 1 is 0.474 bits per heavy atom. The van der Waals surface area contributed by atoms with Crippen LogP contribution in [0.3, 0.4) is 0 Å². The van der Waals surface area contributed by atoms with E-state index in [9.17, 15) is 45.6 Å². The summed E-state index contributed by atoms with van der Waals surface area (Å²) in [4.78, 5) is 13.3. The van der Waals surface area contributed by atoms with Crippen molar-refractivity contribution in [2.45, 2.75) is 319 Å². The van der Waals surface area contributed by atoms with Crippen molar-refractivity contribution in [2.24, 2.45) is 0 Å². The number of nitrogens with one attached hydrogen (secondary N) is 1. The third kappa shape index (κ3) is 34.2. The minimum Gasteiger partial charge on any atom is -0.394 e. The van der Waals surface area contributed by atoms with Crippen molar-refractivity contribution in [3.05, 3.63) is 60.8 Å². The van der Waals surface area contributed by atoms with Crippen molar-refractivity contribution in [1.29, 1.82) is 0 Å². The van der Waals surface area contributed by atoms with Gasteiger partial charge in [0.2, 0.25) is 5.91 Å². The minimum absolute atomic E-state index is 0.218. The van der Waals surface area contributed by atoms with Gasteiger partial charge in [0.05, 0.1) is 32.0 Å². The molecule has 12 atom stereocenters. The van der Waals surface area contributed by atoms with Crippen LogP contribution >= 0.6 is 0 Å². The quantitative estimate of drug-likeness (QED) is 0.0204. The number of carbonyl (C=O) groups excluding carboxylic acids is 1. The van der Waals surface area contributed by atoms with E-state index in [1.807, 2.05) is 0 Å². The second kappa shape index (κ2) is 49.3. The Morgan fingerprint density at radius 3 is 1.36 bits per heavy atom. The Balaban J connectivity index is 1.74. The zero-order valence-corrected chi connectivity index (χ0v) is 48.9. The molecule has 0 saturated carbocycles. The zero-order chi connectivity index (χ0) is 56.7. The van der Waals surface area contributed by atoms with E-state index in [4.69, 9.17) is 18.9 Å². The predicted octanol–water partition coefficient (Wildman–Crippen LogP) is 11.3. The fraction of sp³-hybridized carbons (Fsp3) is 0.828. The van der Waals surface area contributed by atoms with Gasteiger partial charge in [-0.1, -0.05) is 242 Å². The SMILES string of the molecule is CC/C=C\C/C=C\C/C=C\C/C=C\C/C=C\CCCCCCCCCC(=O)NC(COC1OC(CO)C(OC2OC(CO)C(O)C(O)C2O)C(O)C1O)C(O)CCCCCCCCCCCCCCCCCCCCCCC. The molecule has 12 unspecified atom stereocenters. The third-order valence-corrected chi connectivity index (χ3v) is 15.2. The van der Waals surface area contributed by atoms with E-state index in [0.29, 0.717) is 12.8 Å². The fourth-order valence-electron chi connectivity index (χ4n) is 10.2. The maximum absolute atomic E-state index is 13.3. The molecule has 0 aromatic heterocycles. The summed E-state index contributed by atoms with van der Waals surface area (Å²) in [5.74, 6) is -0.218. The highest BCUT2D eigenvalue weighted by Crippen LogP contribution is 2.30. The van der Waals surface area contributed by atoms with Crippen molar-refractivity contribution < 1.29 is 64.6 Å². The smallest absolute Gasteiger partial charge is 0.220 e. The molecule has 0 aliphatic carbocycles. The predicted molar refractivity (Wildman–Crippen MR) is 314 cm³/mol.